The average Bonchev–Trinajstić information content (AvgIpc) is 2.55. The Morgan fingerprint density at radius 1 is 1.12 bits per heavy atom. The van der Waals surface area contributed by atoms with E-state index in [0.29, 0.717) is 11.1 Å². The number of imide groups is 1. The third kappa shape index (κ3) is 1.86. The van der Waals surface area contributed by atoms with E-state index in [0.717, 1.165) is 11.2 Å². The fraction of sp³-hybridized carbons (Fsp3) is 0.308. The minimum Gasteiger partial charge on any atom is -0.303 e. The summed E-state index contributed by atoms with van der Waals surface area (Å²) < 4.78 is 0. The summed E-state index contributed by atoms with van der Waals surface area (Å²) in [5.74, 6) is -0.638. The van der Waals surface area contributed by atoms with Crippen LogP contribution in [-0.4, -0.2) is 29.5 Å². The van der Waals surface area contributed by atoms with Crippen LogP contribution in [0.15, 0.2) is 24.3 Å². The number of carbonyl (C=O) groups is 3. The van der Waals surface area contributed by atoms with Gasteiger partial charge in [-0.25, -0.2) is 0 Å². The second kappa shape index (κ2) is 3.80. The van der Waals surface area contributed by atoms with Crippen LogP contribution in [0.3, 0.4) is 0 Å². The minimum absolute atomic E-state index is 0.114. The van der Waals surface area contributed by atoms with E-state index in [1.165, 1.54) is 0 Å². The Balaban J connectivity index is 2.34. The summed E-state index contributed by atoms with van der Waals surface area (Å²) in [6.45, 7) is 3.51. The number of benzene rings is 1. The molecule has 4 heteroatoms. The SMILES string of the molecule is CC(C)(C=O)CN1C(=O)c2ccccc2C1=O. The van der Waals surface area contributed by atoms with Gasteiger partial charge in [0.05, 0.1) is 11.1 Å². The normalized spacial score (nSPS) is 15.1. The summed E-state index contributed by atoms with van der Waals surface area (Å²) in [5, 5.41) is 0. The van der Waals surface area contributed by atoms with Gasteiger partial charge in [-0.3, -0.25) is 14.5 Å². The lowest BCUT2D eigenvalue weighted by Gasteiger charge is -2.23. The van der Waals surface area contributed by atoms with Gasteiger partial charge in [-0.05, 0) is 12.1 Å². The Kier molecular flexibility index (Phi) is 2.58. The summed E-state index contributed by atoms with van der Waals surface area (Å²) >= 11 is 0. The van der Waals surface area contributed by atoms with Gasteiger partial charge in [0, 0.05) is 12.0 Å². The molecule has 2 rings (SSSR count). The van der Waals surface area contributed by atoms with Gasteiger partial charge in [0.2, 0.25) is 0 Å². The van der Waals surface area contributed by atoms with Crippen LogP contribution in [0, 0.1) is 5.41 Å². The Hall–Kier alpha value is -1.97. The molecule has 0 unspecified atom stereocenters. The molecule has 1 aromatic rings. The zero-order valence-electron chi connectivity index (χ0n) is 9.77. The molecule has 0 saturated heterocycles. The van der Waals surface area contributed by atoms with Crippen LogP contribution in [0.2, 0.25) is 0 Å². The molecule has 0 saturated carbocycles. The molecule has 1 aromatic carbocycles. The number of nitrogens with zero attached hydrogens (tertiary/aromatic N) is 1. The number of rotatable bonds is 3. The van der Waals surface area contributed by atoms with Crippen LogP contribution in [0.5, 0.6) is 0 Å². The number of carbonyl (C=O) groups excluding carboxylic acids is 3. The van der Waals surface area contributed by atoms with Crippen LogP contribution in [-0.2, 0) is 4.79 Å². The molecule has 4 nitrogen and oxygen atoms in total. The molecule has 1 heterocycles. The summed E-state index contributed by atoms with van der Waals surface area (Å²) in [6.07, 6.45) is 0.760. The average molecular weight is 231 g/mol. The van der Waals surface area contributed by atoms with E-state index < -0.39 is 5.41 Å². The highest BCUT2D eigenvalue weighted by molar-refractivity contribution is 6.21. The van der Waals surface area contributed by atoms with Gasteiger partial charge >= 0.3 is 0 Å². The standard InChI is InChI=1S/C13H13NO3/c1-13(2,8-15)7-14-11(16)9-5-3-4-6-10(9)12(14)17/h3-6,8H,7H2,1-2H3. The Morgan fingerprint density at radius 3 is 2.00 bits per heavy atom. The first-order valence-electron chi connectivity index (χ1n) is 5.38. The number of hydrogen-bond acceptors (Lipinski definition) is 3. The molecule has 0 atom stereocenters. The molecular formula is C13H13NO3. The van der Waals surface area contributed by atoms with Gasteiger partial charge in [0.15, 0.2) is 0 Å². The van der Waals surface area contributed by atoms with Gasteiger partial charge in [-0.1, -0.05) is 26.0 Å². The molecule has 0 spiro atoms. The molecule has 88 valence electrons. The van der Waals surface area contributed by atoms with E-state index in [-0.39, 0.29) is 18.4 Å². The zero-order chi connectivity index (χ0) is 12.6. The predicted molar refractivity (Wildman–Crippen MR) is 61.7 cm³/mol. The van der Waals surface area contributed by atoms with Crippen molar-refractivity contribution in [3.8, 4) is 0 Å². The van der Waals surface area contributed by atoms with Crippen LogP contribution < -0.4 is 0 Å². The van der Waals surface area contributed by atoms with Crippen LogP contribution in [0.25, 0.3) is 0 Å². The number of aldehydes is 1. The Morgan fingerprint density at radius 2 is 1.59 bits per heavy atom. The maximum absolute atomic E-state index is 12.0. The van der Waals surface area contributed by atoms with Gasteiger partial charge in [0.1, 0.15) is 6.29 Å². The summed E-state index contributed by atoms with van der Waals surface area (Å²) in [6, 6.07) is 6.70. The van der Waals surface area contributed by atoms with Crippen molar-refractivity contribution in [2.45, 2.75) is 13.8 Å². The van der Waals surface area contributed by atoms with Crippen molar-refractivity contribution in [2.24, 2.45) is 5.41 Å². The van der Waals surface area contributed by atoms with Crippen molar-refractivity contribution in [1.29, 1.82) is 0 Å². The van der Waals surface area contributed by atoms with Gasteiger partial charge in [0.25, 0.3) is 11.8 Å². The number of hydrogen-bond donors (Lipinski definition) is 0. The van der Waals surface area contributed by atoms with Gasteiger partial charge in [-0.2, -0.15) is 0 Å². The lowest BCUT2D eigenvalue weighted by Crippen LogP contribution is -2.39. The molecule has 0 N–H and O–H groups in total. The summed E-state index contributed by atoms with van der Waals surface area (Å²) in [4.78, 5) is 36.0. The summed E-state index contributed by atoms with van der Waals surface area (Å²) in [7, 11) is 0. The van der Waals surface area contributed by atoms with Crippen molar-refractivity contribution in [3.05, 3.63) is 35.4 Å². The van der Waals surface area contributed by atoms with Crippen LogP contribution in [0.1, 0.15) is 34.6 Å². The molecule has 1 aliphatic rings. The topological polar surface area (TPSA) is 54.5 Å². The smallest absolute Gasteiger partial charge is 0.261 e. The van der Waals surface area contributed by atoms with Crippen molar-refractivity contribution in [2.75, 3.05) is 6.54 Å². The van der Waals surface area contributed by atoms with E-state index in [2.05, 4.69) is 0 Å². The molecule has 1 aliphatic heterocycles. The monoisotopic (exact) mass is 231 g/mol. The van der Waals surface area contributed by atoms with Crippen molar-refractivity contribution >= 4 is 18.1 Å². The van der Waals surface area contributed by atoms with Crippen molar-refractivity contribution in [3.63, 3.8) is 0 Å². The largest absolute Gasteiger partial charge is 0.303 e. The fourth-order valence-electron chi connectivity index (χ4n) is 1.83. The van der Waals surface area contributed by atoms with E-state index in [1.54, 1.807) is 38.1 Å². The first-order valence-corrected chi connectivity index (χ1v) is 5.38. The van der Waals surface area contributed by atoms with Gasteiger partial charge in [-0.15, -0.1) is 0 Å². The highest BCUT2D eigenvalue weighted by Gasteiger charge is 2.38. The third-order valence-corrected chi connectivity index (χ3v) is 2.76. The van der Waals surface area contributed by atoms with Gasteiger partial charge < -0.3 is 4.79 Å². The lowest BCUT2D eigenvalue weighted by molar-refractivity contribution is -0.115. The molecule has 0 aliphatic carbocycles. The zero-order valence-corrected chi connectivity index (χ0v) is 9.77. The summed E-state index contributed by atoms with van der Waals surface area (Å²) in [5.41, 5.74) is 0.117. The Bertz CT molecular complexity index is 470. The second-order valence-corrected chi connectivity index (χ2v) is 4.85. The maximum Gasteiger partial charge on any atom is 0.261 e. The maximum atomic E-state index is 12.0. The highest BCUT2D eigenvalue weighted by Crippen LogP contribution is 2.25. The molecule has 2 amide bonds. The highest BCUT2D eigenvalue weighted by atomic mass is 16.2. The predicted octanol–water partition coefficient (Wildman–Crippen LogP) is 1.51. The quantitative estimate of drug-likeness (QED) is 0.585. The van der Waals surface area contributed by atoms with E-state index in [9.17, 15) is 14.4 Å². The van der Waals surface area contributed by atoms with Crippen molar-refractivity contribution in [1.82, 2.24) is 4.90 Å². The first-order chi connectivity index (χ1) is 7.96. The minimum atomic E-state index is -0.715. The van der Waals surface area contributed by atoms with E-state index in [4.69, 9.17) is 0 Å². The van der Waals surface area contributed by atoms with Crippen LogP contribution >= 0.6 is 0 Å². The molecule has 0 aromatic heterocycles. The first kappa shape index (κ1) is 11.5. The van der Waals surface area contributed by atoms with E-state index in [1.807, 2.05) is 0 Å². The van der Waals surface area contributed by atoms with E-state index >= 15 is 0 Å². The molecule has 17 heavy (non-hydrogen) atoms. The van der Waals surface area contributed by atoms with Crippen molar-refractivity contribution < 1.29 is 14.4 Å². The molecular weight excluding hydrogens is 218 g/mol. The number of fused-ring (bicyclic) bond motifs is 1. The van der Waals surface area contributed by atoms with Crippen LogP contribution in [0.4, 0.5) is 0 Å². The fourth-order valence-corrected chi connectivity index (χ4v) is 1.83. The molecule has 0 bridgehead atoms. The molecule has 0 radical (unpaired) electrons. The third-order valence-electron chi connectivity index (χ3n) is 2.76. The Labute approximate surface area is 99.2 Å². The lowest BCUT2D eigenvalue weighted by atomic mass is 9.95. The number of amides is 2. The molecule has 0 fully saturated rings. The second-order valence-electron chi connectivity index (χ2n) is 4.85.